The molecule has 2 fully saturated rings. The molecule has 5 rings (SSSR count). The van der Waals surface area contributed by atoms with Gasteiger partial charge in [0.1, 0.15) is 12.0 Å². The van der Waals surface area contributed by atoms with Crippen LogP contribution >= 0.6 is 12.6 Å². The number of rotatable bonds is 8. The van der Waals surface area contributed by atoms with Crippen molar-refractivity contribution in [2.45, 2.75) is 50.7 Å². The molecule has 3 heterocycles. The van der Waals surface area contributed by atoms with Crippen molar-refractivity contribution in [3.8, 4) is 11.6 Å². The summed E-state index contributed by atoms with van der Waals surface area (Å²) < 4.78 is 15.6. The topological polar surface area (TPSA) is 93.0 Å². The third-order valence-corrected chi connectivity index (χ3v) is 7.37. The van der Waals surface area contributed by atoms with E-state index in [-0.39, 0.29) is 5.91 Å². The average Bonchev–Trinajstić information content (AvgIpc) is 3.66. The molecule has 1 aromatic carbocycles. The van der Waals surface area contributed by atoms with Crippen LogP contribution in [0.25, 0.3) is 0 Å². The first kappa shape index (κ1) is 27.9. The summed E-state index contributed by atoms with van der Waals surface area (Å²) in [5.74, 6) is 2.05. The number of carbonyl (C=O) groups is 1. The molecule has 0 bridgehead atoms. The summed E-state index contributed by atoms with van der Waals surface area (Å²) in [5, 5.41) is 3.34. The first-order chi connectivity index (χ1) is 18.4. The Morgan fingerprint density at radius 2 is 1.82 bits per heavy atom. The second-order valence-corrected chi connectivity index (χ2v) is 10.1. The third kappa shape index (κ3) is 7.72. The van der Waals surface area contributed by atoms with Gasteiger partial charge in [0, 0.05) is 55.9 Å². The molecular formula is C28H37N5O4S. The lowest BCUT2D eigenvalue weighted by atomic mass is 10.1. The van der Waals surface area contributed by atoms with E-state index in [0.717, 1.165) is 47.0 Å². The van der Waals surface area contributed by atoms with Crippen LogP contribution in [-0.2, 0) is 13.1 Å². The van der Waals surface area contributed by atoms with Gasteiger partial charge in [0.15, 0.2) is 5.69 Å². The fraction of sp³-hybridized carbons (Fsp3) is 0.464. The first-order valence-electron chi connectivity index (χ1n) is 12.9. The van der Waals surface area contributed by atoms with E-state index >= 15 is 0 Å². The van der Waals surface area contributed by atoms with Crippen LogP contribution in [0.15, 0.2) is 46.0 Å². The molecule has 204 valence electrons. The summed E-state index contributed by atoms with van der Waals surface area (Å²) in [6.45, 7) is 8.48. The number of hydrogen-bond donors (Lipinski definition) is 2. The normalized spacial score (nSPS) is 15.6. The number of aromatic nitrogens is 2. The van der Waals surface area contributed by atoms with E-state index in [1.54, 1.807) is 14.2 Å². The number of hydrogen-bond acceptors (Lipinski definition) is 9. The zero-order valence-corrected chi connectivity index (χ0v) is 23.5. The molecule has 1 aliphatic heterocycles. The van der Waals surface area contributed by atoms with Gasteiger partial charge in [-0.3, -0.25) is 9.69 Å². The fourth-order valence-electron chi connectivity index (χ4n) is 4.20. The summed E-state index contributed by atoms with van der Waals surface area (Å²) in [7, 11) is 3.28. The van der Waals surface area contributed by atoms with E-state index in [9.17, 15) is 4.79 Å². The standard InChI is InChI=1S/C19H25N5O3.C9H12OS/c1-26-17-5-2-14(10-21-17)12-23-6-8-24(9-7-23)19(25)16-13-27-18(22-16)11-20-15-3-4-15;1-6-4-8(10-3)5-7(2)9(6)11/h2,5,10,13,15,20H,3-4,6-9,11-12H2,1H3;4-5,11H,1-3H3. The number of oxazole rings is 1. The van der Waals surface area contributed by atoms with Crippen molar-refractivity contribution in [2.24, 2.45) is 0 Å². The van der Waals surface area contributed by atoms with Crippen LogP contribution in [0.2, 0.25) is 0 Å². The minimum absolute atomic E-state index is 0.0535. The minimum Gasteiger partial charge on any atom is -0.497 e. The predicted molar refractivity (Wildman–Crippen MR) is 148 cm³/mol. The molecule has 38 heavy (non-hydrogen) atoms. The van der Waals surface area contributed by atoms with Crippen LogP contribution in [0, 0.1) is 13.8 Å². The number of carbonyl (C=O) groups excluding carboxylic acids is 1. The Hall–Kier alpha value is -3.08. The lowest BCUT2D eigenvalue weighted by molar-refractivity contribution is 0.0622. The van der Waals surface area contributed by atoms with E-state index in [4.69, 9.17) is 13.9 Å². The van der Waals surface area contributed by atoms with Crippen LogP contribution in [0.1, 0.15) is 45.9 Å². The van der Waals surface area contributed by atoms with Gasteiger partial charge >= 0.3 is 0 Å². The van der Waals surface area contributed by atoms with Crippen LogP contribution < -0.4 is 14.8 Å². The Kier molecular flexibility index (Phi) is 9.65. The fourth-order valence-corrected chi connectivity index (χ4v) is 4.33. The van der Waals surface area contributed by atoms with Crippen LogP contribution in [0.5, 0.6) is 11.6 Å². The van der Waals surface area contributed by atoms with Gasteiger partial charge in [0.05, 0.1) is 20.8 Å². The highest BCUT2D eigenvalue weighted by atomic mass is 32.1. The molecule has 3 aromatic rings. The summed E-state index contributed by atoms with van der Waals surface area (Å²) in [6, 6.07) is 8.45. The lowest BCUT2D eigenvalue weighted by Crippen LogP contribution is -2.48. The summed E-state index contributed by atoms with van der Waals surface area (Å²) in [5.41, 5.74) is 3.85. The summed E-state index contributed by atoms with van der Waals surface area (Å²) in [4.78, 5) is 26.4. The zero-order chi connectivity index (χ0) is 27.1. The molecule has 10 heteroatoms. The van der Waals surface area contributed by atoms with Gasteiger partial charge in [-0.15, -0.1) is 12.6 Å². The molecular weight excluding hydrogens is 502 g/mol. The quantitative estimate of drug-likeness (QED) is 0.417. The van der Waals surface area contributed by atoms with E-state index < -0.39 is 0 Å². The number of ether oxygens (including phenoxy) is 2. The molecule has 0 spiro atoms. The van der Waals surface area contributed by atoms with Crippen molar-refractivity contribution in [1.82, 2.24) is 25.1 Å². The van der Waals surface area contributed by atoms with E-state index in [2.05, 4.69) is 32.8 Å². The number of piperazine rings is 1. The molecule has 1 aliphatic carbocycles. The average molecular weight is 540 g/mol. The lowest BCUT2D eigenvalue weighted by Gasteiger charge is -2.34. The molecule has 1 amide bonds. The summed E-state index contributed by atoms with van der Waals surface area (Å²) >= 11 is 4.34. The molecule has 9 nitrogen and oxygen atoms in total. The monoisotopic (exact) mass is 539 g/mol. The van der Waals surface area contributed by atoms with Gasteiger partial charge in [-0.05, 0) is 55.5 Å². The Bertz CT molecular complexity index is 1180. The maximum atomic E-state index is 12.6. The van der Waals surface area contributed by atoms with Crippen molar-refractivity contribution in [2.75, 3.05) is 40.4 Å². The van der Waals surface area contributed by atoms with Crippen molar-refractivity contribution >= 4 is 18.5 Å². The smallest absolute Gasteiger partial charge is 0.275 e. The molecule has 2 aromatic heterocycles. The number of nitrogens with one attached hydrogen (secondary N) is 1. The van der Waals surface area contributed by atoms with E-state index in [1.165, 1.54) is 19.1 Å². The Labute approximate surface area is 229 Å². The zero-order valence-electron chi connectivity index (χ0n) is 22.6. The van der Waals surface area contributed by atoms with Crippen LogP contribution in [0.3, 0.4) is 0 Å². The van der Waals surface area contributed by atoms with Crippen molar-refractivity contribution in [3.63, 3.8) is 0 Å². The Balaban J connectivity index is 0.000000257. The van der Waals surface area contributed by atoms with Crippen molar-refractivity contribution in [1.29, 1.82) is 0 Å². The predicted octanol–water partition coefficient (Wildman–Crippen LogP) is 3.89. The molecule has 0 unspecified atom stereocenters. The molecule has 1 N–H and O–H groups in total. The van der Waals surface area contributed by atoms with Crippen molar-refractivity contribution in [3.05, 3.63) is 65.0 Å². The highest BCUT2D eigenvalue weighted by Crippen LogP contribution is 2.24. The number of amides is 1. The van der Waals surface area contributed by atoms with E-state index in [0.29, 0.717) is 43.1 Å². The second kappa shape index (κ2) is 13.1. The van der Waals surface area contributed by atoms with Gasteiger partial charge < -0.3 is 24.1 Å². The van der Waals surface area contributed by atoms with Gasteiger partial charge in [0.2, 0.25) is 11.8 Å². The largest absolute Gasteiger partial charge is 0.497 e. The molecule has 2 aliphatic rings. The highest BCUT2D eigenvalue weighted by molar-refractivity contribution is 7.80. The molecule has 0 atom stereocenters. The van der Waals surface area contributed by atoms with Gasteiger partial charge in [-0.1, -0.05) is 6.07 Å². The maximum absolute atomic E-state index is 12.6. The maximum Gasteiger partial charge on any atom is 0.275 e. The van der Waals surface area contributed by atoms with Crippen molar-refractivity contribution < 1.29 is 18.7 Å². The number of aryl methyl sites for hydroxylation is 2. The Morgan fingerprint density at radius 1 is 1.11 bits per heavy atom. The number of pyridine rings is 1. The highest BCUT2D eigenvalue weighted by Gasteiger charge is 2.25. The number of methoxy groups -OCH3 is 2. The number of benzene rings is 1. The van der Waals surface area contributed by atoms with E-state index in [1.807, 2.05) is 49.2 Å². The van der Waals surface area contributed by atoms with Crippen LogP contribution in [0.4, 0.5) is 0 Å². The SMILES string of the molecule is COc1cc(C)c(S)c(C)c1.COc1ccc(CN2CCN(C(=O)c3coc(CNC4CC4)n3)CC2)cn1. The number of nitrogens with zero attached hydrogens (tertiary/aromatic N) is 4. The second-order valence-electron chi connectivity index (χ2n) is 9.67. The van der Waals surface area contributed by atoms with Crippen LogP contribution in [-0.4, -0.2) is 72.1 Å². The molecule has 1 saturated heterocycles. The molecule has 1 saturated carbocycles. The summed E-state index contributed by atoms with van der Waals surface area (Å²) in [6.07, 6.45) is 5.73. The number of thiol groups is 1. The van der Waals surface area contributed by atoms with Gasteiger partial charge in [-0.25, -0.2) is 9.97 Å². The third-order valence-electron chi connectivity index (χ3n) is 6.66. The Morgan fingerprint density at radius 3 is 2.39 bits per heavy atom. The molecule has 0 radical (unpaired) electrons. The first-order valence-corrected chi connectivity index (χ1v) is 13.3. The van der Waals surface area contributed by atoms with Gasteiger partial charge in [0.25, 0.3) is 5.91 Å². The minimum atomic E-state index is -0.0535. The van der Waals surface area contributed by atoms with Gasteiger partial charge in [-0.2, -0.15) is 0 Å².